The van der Waals surface area contributed by atoms with Crippen LogP contribution in [0.3, 0.4) is 0 Å². The lowest BCUT2D eigenvalue weighted by Crippen LogP contribution is -2.40. The van der Waals surface area contributed by atoms with Crippen molar-refractivity contribution in [2.75, 3.05) is 30.4 Å². The highest BCUT2D eigenvalue weighted by atomic mass is 35.5. The van der Waals surface area contributed by atoms with E-state index in [9.17, 15) is 17.6 Å². The molecule has 116 valence electrons. The van der Waals surface area contributed by atoms with Gasteiger partial charge in [0.05, 0.1) is 23.1 Å². The average molecular weight is 335 g/mol. The normalized spacial score (nSPS) is 20.2. The van der Waals surface area contributed by atoms with E-state index in [1.807, 2.05) is 0 Å². The molecule has 5 nitrogen and oxygen atoms in total. The van der Waals surface area contributed by atoms with E-state index in [2.05, 4.69) is 5.32 Å². The fourth-order valence-electron chi connectivity index (χ4n) is 2.19. The summed E-state index contributed by atoms with van der Waals surface area (Å²) in [7, 11) is -1.43. The standard InChI is InChI=1S/C13H16ClFN2O3S/c1-17(10-4-5-21(19,20)8-10)13(18)7-16-9-2-3-12(15)11(14)6-9/h2-3,6,10,16H,4-5,7-8H2,1H3. The molecule has 2 rings (SSSR count). The Labute approximate surface area is 128 Å². The lowest BCUT2D eigenvalue weighted by Gasteiger charge is -2.23. The topological polar surface area (TPSA) is 66.5 Å². The molecule has 0 radical (unpaired) electrons. The monoisotopic (exact) mass is 334 g/mol. The van der Waals surface area contributed by atoms with E-state index in [0.717, 1.165) is 0 Å². The van der Waals surface area contributed by atoms with Gasteiger partial charge in [-0.15, -0.1) is 0 Å². The van der Waals surface area contributed by atoms with Gasteiger partial charge in [0.2, 0.25) is 5.91 Å². The second-order valence-corrected chi connectivity index (χ2v) is 7.68. The molecule has 1 fully saturated rings. The Morgan fingerprint density at radius 3 is 2.81 bits per heavy atom. The maximum atomic E-state index is 13.0. The van der Waals surface area contributed by atoms with Crippen molar-refractivity contribution in [3.63, 3.8) is 0 Å². The van der Waals surface area contributed by atoms with Crippen LogP contribution in [0.15, 0.2) is 18.2 Å². The number of carbonyl (C=O) groups is 1. The van der Waals surface area contributed by atoms with Gasteiger partial charge in [-0.25, -0.2) is 12.8 Å². The molecule has 21 heavy (non-hydrogen) atoms. The van der Waals surface area contributed by atoms with Crippen molar-refractivity contribution in [2.24, 2.45) is 0 Å². The minimum atomic E-state index is -3.02. The summed E-state index contributed by atoms with van der Waals surface area (Å²) in [5.41, 5.74) is 0.530. The third-order valence-electron chi connectivity index (χ3n) is 3.51. The van der Waals surface area contributed by atoms with Gasteiger partial charge in [0.15, 0.2) is 9.84 Å². The number of sulfone groups is 1. The van der Waals surface area contributed by atoms with Crippen LogP contribution in [-0.4, -0.2) is 50.4 Å². The predicted molar refractivity (Wildman–Crippen MR) is 79.7 cm³/mol. The van der Waals surface area contributed by atoms with Crippen molar-refractivity contribution in [3.05, 3.63) is 29.0 Å². The van der Waals surface area contributed by atoms with Gasteiger partial charge in [-0.3, -0.25) is 4.79 Å². The number of carbonyl (C=O) groups excluding carboxylic acids is 1. The number of nitrogens with one attached hydrogen (secondary N) is 1. The van der Waals surface area contributed by atoms with E-state index in [-0.39, 0.29) is 35.0 Å². The largest absolute Gasteiger partial charge is 0.376 e. The summed E-state index contributed by atoms with van der Waals surface area (Å²) in [4.78, 5) is 13.5. The number of anilines is 1. The zero-order valence-electron chi connectivity index (χ0n) is 11.5. The number of halogens is 2. The van der Waals surface area contributed by atoms with E-state index >= 15 is 0 Å². The highest BCUT2D eigenvalue weighted by Crippen LogP contribution is 2.20. The molecule has 1 aromatic rings. The molecule has 1 aromatic carbocycles. The summed E-state index contributed by atoms with van der Waals surface area (Å²) in [5.74, 6) is -0.618. The van der Waals surface area contributed by atoms with Crippen molar-refractivity contribution < 1.29 is 17.6 Å². The van der Waals surface area contributed by atoms with E-state index in [1.54, 1.807) is 7.05 Å². The summed E-state index contributed by atoms with van der Waals surface area (Å²) in [6.07, 6.45) is 0.465. The van der Waals surface area contributed by atoms with Crippen molar-refractivity contribution in [1.82, 2.24) is 4.90 Å². The number of benzene rings is 1. The zero-order chi connectivity index (χ0) is 15.6. The van der Waals surface area contributed by atoms with Crippen molar-refractivity contribution in [2.45, 2.75) is 12.5 Å². The van der Waals surface area contributed by atoms with Gasteiger partial charge >= 0.3 is 0 Å². The van der Waals surface area contributed by atoms with Crippen LogP contribution >= 0.6 is 11.6 Å². The lowest BCUT2D eigenvalue weighted by molar-refractivity contribution is -0.129. The second-order valence-electron chi connectivity index (χ2n) is 5.04. The van der Waals surface area contributed by atoms with Crippen LogP contribution in [0.2, 0.25) is 5.02 Å². The zero-order valence-corrected chi connectivity index (χ0v) is 13.0. The van der Waals surface area contributed by atoms with E-state index < -0.39 is 15.7 Å². The van der Waals surface area contributed by atoms with E-state index in [1.165, 1.54) is 23.1 Å². The first-order valence-corrected chi connectivity index (χ1v) is 8.63. The first-order chi connectivity index (χ1) is 9.78. The van der Waals surface area contributed by atoms with Gasteiger partial charge < -0.3 is 10.2 Å². The van der Waals surface area contributed by atoms with Crippen LogP contribution in [0.1, 0.15) is 6.42 Å². The molecule has 0 aliphatic carbocycles. The second kappa shape index (κ2) is 6.19. The number of likely N-dealkylation sites (N-methyl/N-ethyl adjacent to an activating group) is 1. The highest BCUT2D eigenvalue weighted by Gasteiger charge is 2.32. The molecule has 0 aromatic heterocycles. The minimum absolute atomic E-state index is 0.00495. The average Bonchev–Trinajstić information content (AvgIpc) is 2.79. The fraction of sp³-hybridized carbons (Fsp3) is 0.462. The van der Waals surface area contributed by atoms with Gasteiger partial charge in [0.25, 0.3) is 0 Å². The Bertz CT molecular complexity index is 651. The molecule has 1 saturated heterocycles. The van der Waals surface area contributed by atoms with E-state index in [0.29, 0.717) is 12.1 Å². The maximum Gasteiger partial charge on any atom is 0.241 e. The molecular formula is C13H16ClFN2O3S. The SMILES string of the molecule is CN(C(=O)CNc1ccc(F)c(Cl)c1)C1CCS(=O)(=O)C1. The Morgan fingerprint density at radius 1 is 1.52 bits per heavy atom. The Morgan fingerprint density at radius 2 is 2.24 bits per heavy atom. The Balaban J connectivity index is 1.91. The van der Waals surface area contributed by atoms with Crippen LogP contribution in [0, 0.1) is 5.82 Å². The number of rotatable bonds is 4. The molecule has 1 aliphatic heterocycles. The molecule has 1 aliphatic rings. The fourth-order valence-corrected chi connectivity index (χ4v) is 4.15. The van der Waals surface area contributed by atoms with Crippen molar-refractivity contribution in [1.29, 1.82) is 0 Å². The minimum Gasteiger partial charge on any atom is -0.376 e. The Hall–Kier alpha value is -1.34. The quantitative estimate of drug-likeness (QED) is 0.907. The predicted octanol–water partition coefficient (Wildman–Crippen LogP) is 1.54. The summed E-state index contributed by atoms with van der Waals surface area (Å²) < 4.78 is 35.8. The third kappa shape index (κ3) is 4.07. The number of nitrogens with zero attached hydrogens (tertiary/aromatic N) is 1. The lowest BCUT2D eigenvalue weighted by atomic mass is 10.2. The molecule has 1 unspecified atom stereocenters. The van der Waals surface area contributed by atoms with Crippen molar-refractivity contribution >= 4 is 33.0 Å². The molecule has 1 N–H and O–H groups in total. The number of hydrogen-bond acceptors (Lipinski definition) is 4. The molecule has 0 spiro atoms. The van der Waals surface area contributed by atoms with Gasteiger partial charge in [-0.2, -0.15) is 0 Å². The van der Waals surface area contributed by atoms with Crippen LogP contribution in [0.4, 0.5) is 10.1 Å². The van der Waals surface area contributed by atoms with Crippen LogP contribution in [0.25, 0.3) is 0 Å². The van der Waals surface area contributed by atoms with Gasteiger partial charge in [0, 0.05) is 18.8 Å². The highest BCUT2D eigenvalue weighted by molar-refractivity contribution is 7.91. The number of hydrogen-bond donors (Lipinski definition) is 1. The summed E-state index contributed by atoms with van der Waals surface area (Å²) in [6.45, 7) is -0.00495. The van der Waals surface area contributed by atoms with Crippen molar-refractivity contribution in [3.8, 4) is 0 Å². The van der Waals surface area contributed by atoms with Gasteiger partial charge in [-0.1, -0.05) is 11.6 Å². The molecule has 0 saturated carbocycles. The van der Waals surface area contributed by atoms with Crippen LogP contribution < -0.4 is 5.32 Å². The van der Waals surface area contributed by atoms with Gasteiger partial charge in [-0.05, 0) is 24.6 Å². The summed E-state index contributed by atoms with van der Waals surface area (Å²) in [6, 6.07) is 3.81. The van der Waals surface area contributed by atoms with Gasteiger partial charge in [0.1, 0.15) is 5.82 Å². The number of amides is 1. The molecule has 1 atom stereocenters. The first kappa shape index (κ1) is 16.0. The smallest absolute Gasteiger partial charge is 0.241 e. The first-order valence-electron chi connectivity index (χ1n) is 6.43. The van der Waals surface area contributed by atoms with Crippen LogP contribution in [0.5, 0.6) is 0 Å². The summed E-state index contributed by atoms with van der Waals surface area (Å²) in [5, 5.41) is 2.82. The Kier molecular flexibility index (Phi) is 4.73. The molecule has 0 bridgehead atoms. The molecule has 8 heteroatoms. The molecular weight excluding hydrogens is 319 g/mol. The maximum absolute atomic E-state index is 13.0. The molecule has 1 heterocycles. The summed E-state index contributed by atoms with van der Waals surface area (Å²) >= 11 is 5.65. The van der Waals surface area contributed by atoms with E-state index in [4.69, 9.17) is 11.6 Å². The van der Waals surface area contributed by atoms with Crippen LogP contribution in [-0.2, 0) is 14.6 Å². The molecule has 1 amide bonds. The third-order valence-corrected chi connectivity index (χ3v) is 5.55.